The number of ketones is 1. The molecule has 1 heterocycles. The molecule has 3 aliphatic rings. The summed E-state index contributed by atoms with van der Waals surface area (Å²) in [5.41, 5.74) is 2.17. The SMILES string of the molecule is CC[C@H]1CCC[C@@H](OC(=O)C(C)(C)C)[C@@H](C)C(=O)C2=C[C@@H]3c4ccc(OC)cc4C=C[C@@H]3[C@H]2CC(=O)O1. The molecule has 6 heteroatoms. The van der Waals surface area contributed by atoms with Gasteiger partial charge in [-0.2, -0.15) is 0 Å². The molecule has 1 aliphatic heterocycles. The highest BCUT2D eigenvalue weighted by Gasteiger charge is 2.45. The fraction of sp³-hybridized carbons (Fsp3) is 0.581. The van der Waals surface area contributed by atoms with Crippen LogP contribution in [0.15, 0.2) is 35.9 Å². The minimum atomic E-state index is -0.659. The molecule has 1 aromatic rings. The largest absolute Gasteiger partial charge is 0.497 e. The molecule has 0 amide bonds. The van der Waals surface area contributed by atoms with Gasteiger partial charge in [-0.15, -0.1) is 0 Å². The number of rotatable bonds is 3. The van der Waals surface area contributed by atoms with Crippen LogP contribution < -0.4 is 4.74 Å². The van der Waals surface area contributed by atoms with Crippen molar-refractivity contribution in [3.8, 4) is 5.75 Å². The van der Waals surface area contributed by atoms with Gasteiger partial charge in [0.05, 0.1) is 24.9 Å². The number of allylic oxidation sites excluding steroid dienone is 3. The Morgan fingerprint density at radius 1 is 1.16 bits per heavy atom. The Labute approximate surface area is 220 Å². The first kappa shape index (κ1) is 27.2. The van der Waals surface area contributed by atoms with Gasteiger partial charge < -0.3 is 14.2 Å². The number of methoxy groups -OCH3 is 1. The summed E-state index contributed by atoms with van der Waals surface area (Å²) in [5, 5.41) is 0. The molecule has 0 saturated carbocycles. The molecule has 1 fully saturated rings. The van der Waals surface area contributed by atoms with E-state index in [4.69, 9.17) is 14.2 Å². The molecule has 1 saturated heterocycles. The number of hydrogen-bond acceptors (Lipinski definition) is 6. The van der Waals surface area contributed by atoms with E-state index in [1.54, 1.807) is 7.11 Å². The summed E-state index contributed by atoms with van der Waals surface area (Å²) in [6.07, 6.45) is 8.34. The maximum atomic E-state index is 14.0. The molecule has 0 aromatic heterocycles. The van der Waals surface area contributed by atoms with E-state index in [1.807, 2.05) is 58.9 Å². The number of fused-ring (bicyclic) bond motifs is 5. The molecule has 0 N–H and O–H groups in total. The van der Waals surface area contributed by atoms with Gasteiger partial charge in [-0.3, -0.25) is 14.4 Å². The summed E-state index contributed by atoms with van der Waals surface area (Å²) in [6.45, 7) is 9.34. The van der Waals surface area contributed by atoms with Gasteiger partial charge >= 0.3 is 11.9 Å². The number of Topliss-reactive ketones (excluding diaryl/α,β-unsaturated/α-hetero) is 1. The quantitative estimate of drug-likeness (QED) is 0.464. The van der Waals surface area contributed by atoms with Crippen molar-refractivity contribution >= 4 is 23.8 Å². The Bertz CT molecular complexity index is 1110. The minimum absolute atomic E-state index is 0.0156. The van der Waals surface area contributed by atoms with E-state index < -0.39 is 17.4 Å². The van der Waals surface area contributed by atoms with E-state index in [1.165, 1.54) is 0 Å². The molecule has 6 nitrogen and oxygen atoms in total. The topological polar surface area (TPSA) is 78.9 Å². The summed E-state index contributed by atoms with van der Waals surface area (Å²) >= 11 is 0. The molecular formula is C31H40O6. The molecule has 6 atom stereocenters. The molecule has 2 aliphatic carbocycles. The molecule has 200 valence electrons. The lowest BCUT2D eigenvalue weighted by Crippen LogP contribution is -2.37. The number of carbonyl (C=O) groups is 3. The molecule has 37 heavy (non-hydrogen) atoms. The highest BCUT2D eigenvalue weighted by Crippen LogP contribution is 2.50. The number of hydrogen-bond donors (Lipinski definition) is 0. The van der Waals surface area contributed by atoms with Gasteiger partial charge in [0.1, 0.15) is 18.0 Å². The van der Waals surface area contributed by atoms with Crippen molar-refractivity contribution in [1.82, 2.24) is 0 Å². The Morgan fingerprint density at radius 3 is 2.59 bits per heavy atom. The predicted octanol–water partition coefficient (Wildman–Crippen LogP) is 6.04. The smallest absolute Gasteiger partial charge is 0.311 e. The van der Waals surface area contributed by atoms with E-state index in [2.05, 4.69) is 12.2 Å². The molecule has 0 radical (unpaired) electrons. The maximum absolute atomic E-state index is 14.0. The highest BCUT2D eigenvalue weighted by molar-refractivity contribution is 5.99. The maximum Gasteiger partial charge on any atom is 0.311 e. The van der Waals surface area contributed by atoms with Crippen LogP contribution >= 0.6 is 0 Å². The molecule has 1 aromatic carbocycles. The molecule has 0 bridgehead atoms. The van der Waals surface area contributed by atoms with Crippen molar-refractivity contribution in [3.05, 3.63) is 47.1 Å². The minimum Gasteiger partial charge on any atom is -0.497 e. The van der Waals surface area contributed by atoms with Crippen molar-refractivity contribution < 1.29 is 28.6 Å². The van der Waals surface area contributed by atoms with E-state index in [0.29, 0.717) is 24.8 Å². The van der Waals surface area contributed by atoms with Crippen LogP contribution in [0.5, 0.6) is 5.75 Å². The van der Waals surface area contributed by atoms with E-state index >= 15 is 0 Å². The van der Waals surface area contributed by atoms with Crippen molar-refractivity contribution in [2.45, 2.75) is 84.8 Å². The zero-order valence-corrected chi connectivity index (χ0v) is 22.9. The normalized spacial score (nSPS) is 30.1. The standard InChI is InChI=1S/C31H40O6/c1-7-20-9-8-10-27(37-30(34)31(3,4)5)18(2)29(33)26-16-24-22-14-12-21(35-6)15-19(22)11-13-23(24)25(26)17-28(32)36-20/h11-16,18,20,23-25,27H,7-10,17H2,1-6H3/t18-,20+,23+,24-,25-,27-/m1/s1. The number of benzene rings is 1. The third kappa shape index (κ3) is 5.68. The number of carbonyl (C=O) groups excluding carboxylic acids is 3. The Morgan fingerprint density at radius 2 is 1.92 bits per heavy atom. The fourth-order valence-electron chi connectivity index (χ4n) is 5.75. The Balaban J connectivity index is 1.71. The lowest BCUT2D eigenvalue weighted by molar-refractivity contribution is -0.162. The molecular weight excluding hydrogens is 468 g/mol. The van der Waals surface area contributed by atoms with Gasteiger partial charge in [0.2, 0.25) is 0 Å². The molecule has 0 spiro atoms. The third-order valence-electron chi connectivity index (χ3n) is 8.07. The van der Waals surface area contributed by atoms with Gasteiger partial charge in [0, 0.05) is 11.8 Å². The van der Waals surface area contributed by atoms with Crippen molar-refractivity contribution in [2.75, 3.05) is 7.11 Å². The number of ether oxygens (including phenoxy) is 3. The average molecular weight is 509 g/mol. The monoisotopic (exact) mass is 508 g/mol. The summed E-state index contributed by atoms with van der Waals surface area (Å²) in [4.78, 5) is 39.9. The Hall–Kier alpha value is -2.89. The second kappa shape index (κ2) is 10.8. The van der Waals surface area contributed by atoms with Gasteiger partial charge in [-0.1, -0.05) is 38.1 Å². The second-order valence-corrected chi connectivity index (χ2v) is 11.7. The molecule has 4 rings (SSSR count). The average Bonchev–Trinajstić information content (AvgIpc) is 3.23. The van der Waals surface area contributed by atoms with Crippen LogP contribution in [0.2, 0.25) is 0 Å². The van der Waals surface area contributed by atoms with Crippen LogP contribution in [-0.2, 0) is 23.9 Å². The second-order valence-electron chi connectivity index (χ2n) is 11.7. The summed E-state index contributed by atoms with van der Waals surface area (Å²) in [5.74, 6) is -0.648. The Kier molecular flexibility index (Phi) is 7.96. The van der Waals surface area contributed by atoms with Crippen molar-refractivity contribution in [3.63, 3.8) is 0 Å². The van der Waals surface area contributed by atoms with Crippen LogP contribution in [0, 0.1) is 23.2 Å². The van der Waals surface area contributed by atoms with Crippen LogP contribution in [0.25, 0.3) is 6.08 Å². The summed E-state index contributed by atoms with van der Waals surface area (Å²) in [7, 11) is 1.64. The van der Waals surface area contributed by atoms with E-state index in [9.17, 15) is 14.4 Å². The van der Waals surface area contributed by atoms with Crippen LogP contribution in [0.1, 0.15) is 83.8 Å². The van der Waals surface area contributed by atoms with Crippen LogP contribution in [0.4, 0.5) is 0 Å². The first-order valence-electron chi connectivity index (χ1n) is 13.6. The van der Waals surface area contributed by atoms with E-state index in [-0.39, 0.29) is 48.0 Å². The third-order valence-corrected chi connectivity index (χ3v) is 8.07. The lowest BCUT2D eigenvalue weighted by Gasteiger charge is -2.31. The van der Waals surface area contributed by atoms with Crippen LogP contribution in [0.3, 0.4) is 0 Å². The van der Waals surface area contributed by atoms with Crippen LogP contribution in [-0.4, -0.2) is 37.0 Å². The summed E-state index contributed by atoms with van der Waals surface area (Å²) in [6, 6.07) is 5.98. The highest BCUT2D eigenvalue weighted by atomic mass is 16.5. The van der Waals surface area contributed by atoms with E-state index in [0.717, 1.165) is 23.3 Å². The first-order chi connectivity index (χ1) is 17.5. The van der Waals surface area contributed by atoms with Gasteiger partial charge in [0.15, 0.2) is 5.78 Å². The first-order valence-corrected chi connectivity index (χ1v) is 13.6. The van der Waals surface area contributed by atoms with Gasteiger partial charge in [0.25, 0.3) is 0 Å². The van der Waals surface area contributed by atoms with Gasteiger partial charge in [-0.05, 0) is 81.2 Å². The summed E-state index contributed by atoms with van der Waals surface area (Å²) < 4.78 is 17.2. The predicted molar refractivity (Wildman–Crippen MR) is 142 cm³/mol. The van der Waals surface area contributed by atoms with Crippen molar-refractivity contribution in [2.24, 2.45) is 23.2 Å². The number of esters is 2. The fourth-order valence-corrected chi connectivity index (χ4v) is 5.75. The lowest BCUT2D eigenvalue weighted by atomic mass is 9.75. The number of cyclic esters (lactones) is 1. The zero-order valence-electron chi connectivity index (χ0n) is 22.9. The zero-order chi connectivity index (χ0) is 26.9. The van der Waals surface area contributed by atoms with Crippen molar-refractivity contribution in [1.29, 1.82) is 0 Å². The van der Waals surface area contributed by atoms with Gasteiger partial charge in [-0.25, -0.2) is 0 Å². The molecule has 0 unspecified atom stereocenters.